The fraction of sp³-hybridized carbons (Fsp3) is 0.385. The van der Waals surface area contributed by atoms with Gasteiger partial charge in [-0.25, -0.2) is 0 Å². The van der Waals surface area contributed by atoms with Crippen LogP contribution in [0.3, 0.4) is 0 Å². The Kier molecular flexibility index (Phi) is 4.38. The van der Waals surface area contributed by atoms with Crippen molar-refractivity contribution >= 4 is 0 Å². The zero-order chi connectivity index (χ0) is 12.1. The van der Waals surface area contributed by atoms with Crippen LogP contribution in [-0.2, 0) is 0 Å². The molecule has 0 aliphatic heterocycles. The molecule has 0 bridgehead atoms. The highest BCUT2D eigenvalue weighted by Crippen LogP contribution is 2.35. The van der Waals surface area contributed by atoms with Gasteiger partial charge in [-0.1, -0.05) is 11.6 Å². The van der Waals surface area contributed by atoms with Gasteiger partial charge in [0.1, 0.15) is 11.5 Å². The summed E-state index contributed by atoms with van der Waals surface area (Å²) in [5.41, 5.74) is 8.07. The molecule has 0 aromatic heterocycles. The van der Waals surface area contributed by atoms with Gasteiger partial charge in [0.25, 0.3) is 0 Å². The van der Waals surface area contributed by atoms with Crippen LogP contribution < -0.4 is 15.2 Å². The summed E-state index contributed by atoms with van der Waals surface area (Å²) in [4.78, 5) is 0. The van der Waals surface area contributed by atoms with Gasteiger partial charge in [-0.3, -0.25) is 0 Å². The summed E-state index contributed by atoms with van der Waals surface area (Å²) < 4.78 is 10.6. The number of nitrogens with two attached hydrogens (primary N) is 1. The second-order valence-corrected chi connectivity index (χ2v) is 3.84. The molecule has 0 heterocycles. The monoisotopic (exact) mass is 221 g/mol. The molecule has 88 valence electrons. The van der Waals surface area contributed by atoms with Crippen molar-refractivity contribution in [3.63, 3.8) is 0 Å². The minimum absolute atomic E-state index is 0.149. The molecule has 0 radical (unpaired) electrons. The Morgan fingerprint density at radius 1 is 1.31 bits per heavy atom. The van der Waals surface area contributed by atoms with Gasteiger partial charge in [0, 0.05) is 6.04 Å². The summed E-state index contributed by atoms with van der Waals surface area (Å²) in [5.74, 6) is 1.52. The topological polar surface area (TPSA) is 44.5 Å². The quantitative estimate of drug-likeness (QED) is 0.777. The second-order valence-electron chi connectivity index (χ2n) is 3.84. The van der Waals surface area contributed by atoms with Crippen molar-refractivity contribution in [2.45, 2.75) is 19.4 Å². The molecule has 0 saturated heterocycles. The first kappa shape index (κ1) is 12.6. The Labute approximate surface area is 96.9 Å². The fourth-order valence-corrected chi connectivity index (χ4v) is 1.72. The van der Waals surface area contributed by atoms with Crippen LogP contribution in [-0.4, -0.2) is 14.2 Å². The van der Waals surface area contributed by atoms with Crippen LogP contribution in [0.4, 0.5) is 0 Å². The standard InChI is InChI=1S/C13H19NO2/c1-9(2)8-10(14)13-11(15-3)6-5-7-12(13)16-4/h5-7,10H,1,8,14H2,2-4H3/t10-/m0/s1. The number of ether oxygens (including phenoxy) is 2. The average Bonchev–Trinajstić information content (AvgIpc) is 2.26. The smallest absolute Gasteiger partial charge is 0.127 e. The van der Waals surface area contributed by atoms with Crippen molar-refractivity contribution in [3.05, 3.63) is 35.9 Å². The Balaban J connectivity index is 3.12. The number of methoxy groups -OCH3 is 2. The highest BCUT2D eigenvalue weighted by Gasteiger charge is 2.17. The first-order valence-electron chi connectivity index (χ1n) is 5.21. The Morgan fingerprint density at radius 2 is 1.81 bits per heavy atom. The molecule has 0 saturated carbocycles. The molecule has 2 N–H and O–H groups in total. The van der Waals surface area contributed by atoms with E-state index in [0.29, 0.717) is 0 Å². The van der Waals surface area contributed by atoms with Crippen LogP contribution >= 0.6 is 0 Å². The summed E-state index contributed by atoms with van der Waals surface area (Å²) in [6.07, 6.45) is 0.719. The molecule has 1 atom stereocenters. The lowest BCUT2D eigenvalue weighted by molar-refractivity contribution is 0.379. The molecule has 1 aromatic carbocycles. The summed E-state index contributed by atoms with van der Waals surface area (Å²) in [6, 6.07) is 5.50. The van der Waals surface area contributed by atoms with E-state index in [1.54, 1.807) is 14.2 Å². The summed E-state index contributed by atoms with van der Waals surface area (Å²) in [5, 5.41) is 0. The number of hydrogen-bond acceptors (Lipinski definition) is 3. The Hall–Kier alpha value is -1.48. The van der Waals surface area contributed by atoms with Gasteiger partial charge in [-0.2, -0.15) is 0 Å². The maximum absolute atomic E-state index is 6.13. The van der Waals surface area contributed by atoms with Gasteiger partial charge in [-0.15, -0.1) is 6.58 Å². The molecule has 0 fully saturated rings. The normalized spacial score (nSPS) is 12.0. The van der Waals surface area contributed by atoms with Crippen LogP contribution in [0, 0.1) is 0 Å². The summed E-state index contributed by atoms with van der Waals surface area (Å²) in [6.45, 7) is 5.83. The van der Waals surface area contributed by atoms with E-state index < -0.39 is 0 Å². The zero-order valence-corrected chi connectivity index (χ0v) is 10.1. The predicted octanol–water partition coefficient (Wildman–Crippen LogP) is 2.67. The Bertz CT molecular complexity index is 352. The first-order chi connectivity index (χ1) is 7.60. The molecule has 1 rings (SSSR count). The van der Waals surface area contributed by atoms with Crippen molar-refractivity contribution in [1.82, 2.24) is 0 Å². The second kappa shape index (κ2) is 5.56. The molecule has 3 nitrogen and oxygen atoms in total. The number of rotatable bonds is 5. The highest BCUT2D eigenvalue weighted by molar-refractivity contribution is 5.47. The maximum atomic E-state index is 6.13. The van der Waals surface area contributed by atoms with Gasteiger partial charge < -0.3 is 15.2 Å². The van der Waals surface area contributed by atoms with Crippen molar-refractivity contribution in [2.75, 3.05) is 14.2 Å². The minimum Gasteiger partial charge on any atom is -0.496 e. The maximum Gasteiger partial charge on any atom is 0.127 e. The van der Waals surface area contributed by atoms with Crippen molar-refractivity contribution in [3.8, 4) is 11.5 Å². The van der Waals surface area contributed by atoms with E-state index >= 15 is 0 Å². The lowest BCUT2D eigenvalue weighted by atomic mass is 9.99. The lowest BCUT2D eigenvalue weighted by Crippen LogP contribution is -2.13. The highest BCUT2D eigenvalue weighted by atomic mass is 16.5. The van der Waals surface area contributed by atoms with E-state index in [1.807, 2.05) is 25.1 Å². The van der Waals surface area contributed by atoms with E-state index in [2.05, 4.69) is 6.58 Å². The van der Waals surface area contributed by atoms with Crippen LogP contribution in [0.25, 0.3) is 0 Å². The minimum atomic E-state index is -0.149. The van der Waals surface area contributed by atoms with Gasteiger partial charge in [0.05, 0.1) is 19.8 Å². The first-order valence-corrected chi connectivity index (χ1v) is 5.21. The molecule has 0 aliphatic rings. The van der Waals surface area contributed by atoms with Crippen molar-refractivity contribution in [2.24, 2.45) is 5.73 Å². The van der Waals surface area contributed by atoms with Gasteiger partial charge in [0.2, 0.25) is 0 Å². The molecule has 0 spiro atoms. The third-order valence-electron chi connectivity index (χ3n) is 2.41. The van der Waals surface area contributed by atoms with Crippen LogP contribution in [0.1, 0.15) is 24.9 Å². The number of benzene rings is 1. The number of hydrogen-bond donors (Lipinski definition) is 1. The van der Waals surface area contributed by atoms with Crippen LogP contribution in [0.15, 0.2) is 30.4 Å². The lowest BCUT2D eigenvalue weighted by Gasteiger charge is -2.18. The van der Waals surface area contributed by atoms with Crippen molar-refractivity contribution in [1.29, 1.82) is 0 Å². The van der Waals surface area contributed by atoms with Crippen LogP contribution in [0.5, 0.6) is 11.5 Å². The van der Waals surface area contributed by atoms with Gasteiger partial charge >= 0.3 is 0 Å². The van der Waals surface area contributed by atoms with Crippen molar-refractivity contribution < 1.29 is 9.47 Å². The zero-order valence-electron chi connectivity index (χ0n) is 10.1. The molecule has 0 amide bonds. The summed E-state index contributed by atoms with van der Waals surface area (Å²) in [7, 11) is 3.26. The molecular formula is C13H19NO2. The average molecular weight is 221 g/mol. The van der Waals surface area contributed by atoms with E-state index in [9.17, 15) is 0 Å². The largest absolute Gasteiger partial charge is 0.496 e. The molecular weight excluding hydrogens is 202 g/mol. The molecule has 3 heteroatoms. The van der Waals surface area contributed by atoms with Gasteiger partial charge in [0.15, 0.2) is 0 Å². The summed E-state index contributed by atoms with van der Waals surface area (Å²) >= 11 is 0. The SMILES string of the molecule is C=C(C)C[C@H](N)c1c(OC)cccc1OC. The Morgan fingerprint density at radius 3 is 2.19 bits per heavy atom. The fourth-order valence-electron chi connectivity index (χ4n) is 1.72. The van der Waals surface area contributed by atoms with E-state index in [-0.39, 0.29) is 6.04 Å². The van der Waals surface area contributed by atoms with E-state index in [0.717, 1.165) is 29.1 Å². The third-order valence-corrected chi connectivity index (χ3v) is 2.41. The predicted molar refractivity (Wildman–Crippen MR) is 65.9 cm³/mol. The molecule has 0 aliphatic carbocycles. The van der Waals surface area contributed by atoms with E-state index in [1.165, 1.54) is 0 Å². The van der Waals surface area contributed by atoms with Gasteiger partial charge in [-0.05, 0) is 25.5 Å². The molecule has 1 aromatic rings. The van der Waals surface area contributed by atoms with E-state index in [4.69, 9.17) is 15.2 Å². The molecule has 0 unspecified atom stereocenters. The molecule has 16 heavy (non-hydrogen) atoms. The third kappa shape index (κ3) is 2.76. The van der Waals surface area contributed by atoms with Crippen LogP contribution in [0.2, 0.25) is 0 Å².